The Morgan fingerprint density at radius 3 is 2.59 bits per heavy atom. The van der Waals surface area contributed by atoms with Crippen LogP contribution in [0.15, 0.2) is 24.3 Å². The van der Waals surface area contributed by atoms with Crippen molar-refractivity contribution in [2.75, 3.05) is 0 Å². The van der Waals surface area contributed by atoms with Crippen molar-refractivity contribution in [2.45, 2.75) is 38.1 Å². The lowest BCUT2D eigenvalue weighted by Crippen LogP contribution is -2.49. The van der Waals surface area contributed by atoms with E-state index in [1.165, 1.54) is 0 Å². The fraction of sp³-hybridized carbons (Fsp3) is 0.462. The van der Waals surface area contributed by atoms with Crippen LogP contribution in [0.5, 0.6) is 5.75 Å². The zero-order valence-corrected chi connectivity index (χ0v) is 11.1. The van der Waals surface area contributed by atoms with Gasteiger partial charge in [-0.1, -0.05) is 18.2 Å². The number of hydrogen-bond acceptors (Lipinski definition) is 2. The molecule has 0 aliphatic rings. The Balaban J connectivity index is 2.66. The maximum absolute atomic E-state index is 11.8. The first kappa shape index (κ1) is 13.8. The van der Waals surface area contributed by atoms with Crippen molar-refractivity contribution in [3.8, 4) is 5.75 Å². The second-order valence-electron chi connectivity index (χ2n) is 4.69. The number of para-hydroxylation sites is 1. The van der Waals surface area contributed by atoms with Crippen molar-refractivity contribution in [1.29, 1.82) is 0 Å². The average Bonchev–Trinajstić information content (AvgIpc) is 2.20. The van der Waals surface area contributed by atoms with Gasteiger partial charge in [0.15, 0.2) is 0 Å². The van der Waals surface area contributed by atoms with Crippen LogP contribution in [0, 0.1) is 0 Å². The quantitative estimate of drug-likeness (QED) is 0.812. The van der Waals surface area contributed by atoms with Gasteiger partial charge in [-0.05, 0) is 26.8 Å². The molecule has 1 aromatic carbocycles. The number of aromatic hydroxyl groups is 1. The highest BCUT2D eigenvalue weighted by Crippen LogP contribution is 2.18. The molecule has 0 radical (unpaired) electrons. The average molecular weight is 256 g/mol. The van der Waals surface area contributed by atoms with Gasteiger partial charge in [0.2, 0.25) is 5.91 Å². The third kappa shape index (κ3) is 3.93. The summed E-state index contributed by atoms with van der Waals surface area (Å²) in [5.41, 5.74) is 0.145. The minimum Gasteiger partial charge on any atom is -0.508 e. The lowest BCUT2D eigenvalue weighted by atomic mass is 10.0. The molecule has 0 aromatic heterocycles. The second-order valence-corrected chi connectivity index (χ2v) is 5.35. The van der Waals surface area contributed by atoms with E-state index in [1.54, 1.807) is 24.3 Å². The van der Waals surface area contributed by atoms with Gasteiger partial charge in [-0.15, -0.1) is 11.6 Å². The van der Waals surface area contributed by atoms with E-state index >= 15 is 0 Å². The van der Waals surface area contributed by atoms with E-state index in [1.807, 2.05) is 20.8 Å². The number of carbonyl (C=O) groups excluding carboxylic acids is 1. The molecule has 0 fully saturated rings. The van der Waals surface area contributed by atoms with Gasteiger partial charge in [-0.25, -0.2) is 0 Å². The number of benzene rings is 1. The highest BCUT2D eigenvalue weighted by Gasteiger charge is 2.26. The topological polar surface area (TPSA) is 49.3 Å². The van der Waals surface area contributed by atoms with E-state index in [4.69, 9.17) is 11.6 Å². The molecule has 0 aliphatic carbocycles. The van der Waals surface area contributed by atoms with E-state index in [0.717, 1.165) is 0 Å². The van der Waals surface area contributed by atoms with Crippen molar-refractivity contribution in [1.82, 2.24) is 5.32 Å². The summed E-state index contributed by atoms with van der Waals surface area (Å²) in [5.74, 6) is -0.0108. The maximum atomic E-state index is 11.8. The molecule has 0 aliphatic heterocycles. The number of nitrogens with one attached hydrogen (secondary N) is 1. The first-order chi connectivity index (χ1) is 7.83. The maximum Gasteiger partial charge on any atom is 0.225 e. The van der Waals surface area contributed by atoms with Crippen LogP contribution in [0.2, 0.25) is 0 Å². The first-order valence-electron chi connectivity index (χ1n) is 5.55. The van der Waals surface area contributed by atoms with Crippen LogP contribution >= 0.6 is 11.6 Å². The zero-order chi connectivity index (χ0) is 13.1. The van der Waals surface area contributed by atoms with Crippen LogP contribution in [0.3, 0.4) is 0 Å². The van der Waals surface area contributed by atoms with Gasteiger partial charge < -0.3 is 10.4 Å². The molecular formula is C13H18ClNO2. The van der Waals surface area contributed by atoms with Gasteiger partial charge in [0, 0.05) is 5.56 Å². The fourth-order valence-electron chi connectivity index (χ4n) is 1.34. The molecule has 3 nitrogen and oxygen atoms in total. The zero-order valence-electron chi connectivity index (χ0n) is 10.3. The number of amides is 1. The number of carbonyl (C=O) groups is 1. The van der Waals surface area contributed by atoms with E-state index in [-0.39, 0.29) is 23.5 Å². The molecule has 0 spiro atoms. The number of phenolic OH excluding ortho intramolecular Hbond substituents is 1. The molecule has 4 heteroatoms. The summed E-state index contributed by atoms with van der Waals surface area (Å²) in [6.45, 7) is 5.57. The standard InChI is InChI=1S/C13H18ClNO2/c1-9(14)13(2,3)15-12(17)8-10-6-4-5-7-11(10)16/h4-7,9,16H,8H2,1-3H3,(H,15,17). The molecular weight excluding hydrogens is 238 g/mol. The minimum absolute atomic E-state index is 0.138. The van der Waals surface area contributed by atoms with Gasteiger partial charge in [-0.2, -0.15) is 0 Å². The Kier molecular flexibility index (Phi) is 4.40. The summed E-state index contributed by atoms with van der Waals surface area (Å²) < 4.78 is 0. The smallest absolute Gasteiger partial charge is 0.225 e. The predicted octanol–water partition coefficient (Wildman–Crippen LogP) is 2.46. The summed E-state index contributed by atoms with van der Waals surface area (Å²) in [6, 6.07) is 6.81. The van der Waals surface area contributed by atoms with Crippen LogP contribution in [-0.4, -0.2) is 21.9 Å². The highest BCUT2D eigenvalue weighted by atomic mass is 35.5. The van der Waals surface area contributed by atoms with Crippen LogP contribution in [0.4, 0.5) is 0 Å². The molecule has 0 saturated carbocycles. The molecule has 0 heterocycles. The highest BCUT2D eigenvalue weighted by molar-refractivity contribution is 6.21. The lowest BCUT2D eigenvalue weighted by molar-refractivity contribution is -0.122. The molecule has 17 heavy (non-hydrogen) atoms. The van der Waals surface area contributed by atoms with E-state index in [2.05, 4.69) is 5.32 Å². The van der Waals surface area contributed by atoms with Crippen LogP contribution in [0.25, 0.3) is 0 Å². The summed E-state index contributed by atoms with van der Waals surface area (Å²) in [5, 5.41) is 12.2. The van der Waals surface area contributed by atoms with E-state index in [9.17, 15) is 9.90 Å². The molecule has 1 amide bonds. The molecule has 1 unspecified atom stereocenters. The third-order valence-electron chi connectivity index (χ3n) is 2.80. The second kappa shape index (κ2) is 5.41. The van der Waals surface area contributed by atoms with Crippen molar-refractivity contribution in [3.05, 3.63) is 29.8 Å². The number of hydrogen-bond donors (Lipinski definition) is 2. The molecule has 1 atom stereocenters. The molecule has 0 bridgehead atoms. The normalized spacial score (nSPS) is 13.2. The molecule has 1 aromatic rings. The summed E-state index contributed by atoms with van der Waals surface area (Å²) in [6.07, 6.45) is 0.152. The van der Waals surface area contributed by atoms with Crippen LogP contribution in [0.1, 0.15) is 26.3 Å². The molecule has 0 saturated heterocycles. The van der Waals surface area contributed by atoms with Gasteiger partial charge in [-0.3, -0.25) is 4.79 Å². The largest absolute Gasteiger partial charge is 0.508 e. The van der Waals surface area contributed by atoms with Crippen LogP contribution in [-0.2, 0) is 11.2 Å². The number of alkyl halides is 1. The van der Waals surface area contributed by atoms with Gasteiger partial charge >= 0.3 is 0 Å². The molecule has 2 N–H and O–H groups in total. The van der Waals surface area contributed by atoms with Gasteiger partial charge in [0.1, 0.15) is 5.75 Å². The Labute approximate surface area is 107 Å². The van der Waals surface area contributed by atoms with Crippen LogP contribution < -0.4 is 5.32 Å². The van der Waals surface area contributed by atoms with Gasteiger partial charge in [0.25, 0.3) is 0 Å². The summed E-state index contributed by atoms with van der Waals surface area (Å²) in [7, 11) is 0. The number of halogens is 1. The minimum atomic E-state index is -0.469. The van der Waals surface area contributed by atoms with E-state index < -0.39 is 5.54 Å². The number of rotatable bonds is 4. The fourth-order valence-corrected chi connectivity index (χ4v) is 1.39. The lowest BCUT2D eigenvalue weighted by Gasteiger charge is -2.29. The number of phenols is 1. The first-order valence-corrected chi connectivity index (χ1v) is 5.98. The Morgan fingerprint density at radius 2 is 2.06 bits per heavy atom. The Hall–Kier alpha value is -1.22. The van der Waals surface area contributed by atoms with Crippen molar-refractivity contribution in [2.24, 2.45) is 0 Å². The van der Waals surface area contributed by atoms with Crippen molar-refractivity contribution < 1.29 is 9.90 Å². The summed E-state index contributed by atoms with van der Waals surface area (Å²) >= 11 is 5.98. The third-order valence-corrected chi connectivity index (χ3v) is 3.34. The van der Waals surface area contributed by atoms with E-state index in [0.29, 0.717) is 5.56 Å². The summed E-state index contributed by atoms with van der Waals surface area (Å²) in [4.78, 5) is 11.8. The molecule has 94 valence electrons. The Morgan fingerprint density at radius 1 is 1.47 bits per heavy atom. The van der Waals surface area contributed by atoms with Gasteiger partial charge in [0.05, 0.1) is 17.3 Å². The predicted molar refractivity (Wildman–Crippen MR) is 69.3 cm³/mol. The van der Waals surface area contributed by atoms with Crippen molar-refractivity contribution >= 4 is 17.5 Å². The SMILES string of the molecule is CC(Cl)C(C)(C)NC(=O)Cc1ccccc1O. The Bertz CT molecular complexity index is 402. The molecule has 1 rings (SSSR count). The van der Waals surface area contributed by atoms with Crippen molar-refractivity contribution in [3.63, 3.8) is 0 Å². The monoisotopic (exact) mass is 255 g/mol.